The molecule has 0 radical (unpaired) electrons. The second-order valence-corrected chi connectivity index (χ2v) is 11.1. The highest BCUT2D eigenvalue weighted by Gasteiger charge is 2.37. The number of carbonyl (C=O) groups is 2. The number of fused-ring (bicyclic) bond motifs is 1. The van der Waals surface area contributed by atoms with Gasteiger partial charge >= 0.3 is 12.1 Å². The summed E-state index contributed by atoms with van der Waals surface area (Å²) in [5.74, 6) is -0.830. The maximum atomic E-state index is 13.6. The van der Waals surface area contributed by atoms with Crippen LogP contribution in [0.5, 0.6) is 5.75 Å². The largest absolute Gasteiger partial charge is 0.486 e. The Morgan fingerprint density at radius 2 is 1.83 bits per heavy atom. The topological polar surface area (TPSA) is 102 Å². The van der Waals surface area contributed by atoms with Gasteiger partial charge in [0.15, 0.2) is 0 Å². The van der Waals surface area contributed by atoms with Gasteiger partial charge in [0.1, 0.15) is 17.5 Å². The minimum atomic E-state index is -4.74. The lowest BCUT2D eigenvalue weighted by atomic mass is 10.1. The van der Waals surface area contributed by atoms with E-state index in [4.69, 9.17) is 9.47 Å². The van der Waals surface area contributed by atoms with E-state index < -0.39 is 50.2 Å². The van der Waals surface area contributed by atoms with Crippen molar-refractivity contribution in [1.82, 2.24) is 5.32 Å². The molecule has 1 N–H and O–H groups in total. The molecule has 0 saturated carbocycles. The number of nitrogens with zero attached hydrogens (tertiary/aromatic N) is 1. The van der Waals surface area contributed by atoms with Crippen molar-refractivity contribution in [2.24, 2.45) is 0 Å². The van der Waals surface area contributed by atoms with Crippen molar-refractivity contribution in [3.8, 4) is 5.75 Å². The molecule has 1 amide bonds. The number of rotatable bonds is 6. The van der Waals surface area contributed by atoms with Gasteiger partial charge in [0.05, 0.1) is 35.5 Å². The minimum Gasteiger partial charge on any atom is -0.486 e. The maximum Gasteiger partial charge on any atom is 0.416 e. The predicted molar refractivity (Wildman–Crippen MR) is 125 cm³/mol. The summed E-state index contributed by atoms with van der Waals surface area (Å²) in [7, 11) is -3.09. The van der Waals surface area contributed by atoms with Gasteiger partial charge < -0.3 is 14.8 Å². The van der Waals surface area contributed by atoms with Gasteiger partial charge in [-0.1, -0.05) is 12.1 Å². The lowest BCUT2D eigenvalue weighted by Crippen LogP contribution is -2.45. The van der Waals surface area contributed by atoms with Crippen LogP contribution in [0.2, 0.25) is 0 Å². The highest BCUT2D eigenvalue weighted by atomic mass is 32.2. The number of sulfonamides is 1. The molecule has 36 heavy (non-hydrogen) atoms. The Morgan fingerprint density at radius 3 is 2.44 bits per heavy atom. The first-order valence-electron chi connectivity index (χ1n) is 11.0. The van der Waals surface area contributed by atoms with Crippen LogP contribution < -0.4 is 14.4 Å². The van der Waals surface area contributed by atoms with E-state index >= 15 is 0 Å². The van der Waals surface area contributed by atoms with Crippen molar-refractivity contribution in [2.75, 3.05) is 17.9 Å². The van der Waals surface area contributed by atoms with Crippen LogP contribution >= 0.6 is 0 Å². The number of amides is 1. The number of esters is 1. The van der Waals surface area contributed by atoms with Crippen molar-refractivity contribution in [1.29, 1.82) is 0 Å². The zero-order valence-corrected chi connectivity index (χ0v) is 21.0. The number of nitrogens with one attached hydrogen (secondary N) is 1. The molecule has 0 spiro atoms. The smallest absolute Gasteiger partial charge is 0.416 e. The van der Waals surface area contributed by atoms with Crippen molar-refractivity contribution < 1.29 is 40.7 Å². The lowest BCUT2D eigenvalue weighted by Gasteiger charge is -2.35. The van der Waals surface area contributed by atoms with Crippen LogP contribution in [0.3, 0.4) is 0 Å². The highest BCUT2D eigenvalue weighted by molar-refractivity contribution is 7.92. The van der Waals surface area contributed by atoms with Crippen molar-refractivity contribution in [3.63, 3.8) is 0 Å². The van der Waals surface area contributed by atoms with Gasteiger partial charge in [-0.25, -0.2) is 8.42 Å². The third-order valence-corrected chi connectivity index (χ3v) is 6.94. The van der Waals surface area contributed by atoms with E-state index in [-0.39, 0.29) is 30.8 Å². The number of ether oxygens (including phenoxy) is 2. The Labute approximate surface area is 207 Å². The summed E-state index contributed by atoms with van der Waals surface area (Å²) in [6, 6.07) is 7.85. The van der Waals surface area contributed by atoms with Gasteiger partial charge in [0.25, 0.3) is 10.0 Å². The molecule has 196 valence electrons. The molecule has 0 fully saturated rings. The number of hydrogen-bond acceptors (Lipinski definition) is 6. The van der Waals surface area contributed by atoms with E-state index in [1.165, 1.54) is 19.2 Å². The molecule has 3 rings (SSSR count). The summed E-state index contributed by atoms with van der Waals surface area (Å²) in [6.45, 7) is 4.81. The molecule has 1 aliphatic rings. The number of benzene rings is 2. The molecule has 0 bridgehead atoms. The van der Waals surface area contributed by atoms with E-state index in [9.17, 15) is 31.2 Å². The summed E-state index contributed by atoms with van der Waals surface area (Å²) >= 11 is 0. The van der Waals surface area contributed by atoms with Crippen LogP contribution in [0, 0.1) is 0 Å². The molecular weight excluding hydrogens is 501 g/mol. The van der Waals surface area contributed by atoms with E-state index in [0.717, 1.165) is 22.5 Å². The predicted octanol–water partition coefficient (Wildman–Crippen LogP) is 3.68. The van der Waals surface area contributed by atoms with E-state index in [1.807, 2.05) is 0 Å². The standard InChI is InChI=1S/C24H27F3N2O6S/c1-23(2,3)35-22(31)11-15-8-9-20-19(10-15)29(14-17(34-20)13-21(30)28-4)36(32,33)18-7-5-6-16(12-18)24(25,26)27/h5-10,12,17H,11,13-14H2,1-4H3,(H,28,30)/t17-/m0/s1. The number of anilines is 1. The van der Waals surface area contributed by atoms with Crippen molar-refractivity contribution in [3.05, 3.63) is 53.6 Å². The average Bonchev–Trinajstić information content (AvgIpc) is 2.76. The number of hydrogen-bond donors (Lipinski definition) is 1. The van der Waals surface area contributed by atoms with Crippen LogP contribution in [0.4, 0.5) is 18.9 Å². The summed E-state index contributed by atoms with van der Waals surface area (Å²) < 4.78 is 78.9. The normalized spacial score (nSPS) is 16.1. The Hall–Kier alpha value is -3.28. The molecule has 8 nitrogen and oxygen atoms in total. The fourth-order valence-corrected chi connectivity index (χ4v) is 5.16. The lowest BCUT2D eigenvalue weighted by molar-refractivity contribution is -0.154. The highest BCUT2D eigenvalue weighted by Crippen LogP contribution is 2.39. The Balaban J connectivity index is 2.04. The molecule has 1 heterocycles. The van der Waals surface area contributed by atoms with Crippen molar-refractivity contribution in [2.45, 2.75) is 56.4 Å². The first-order chi connectivity index (χ1) is 16.6. The molecule has 1 atom stereocenters. The number of alkyl halides is 3. The second kappa shape index (κ2) is 10.00. The van der Waals surface area contributed by atoms with Gasteiger partial charge in [-0.2, -0.15) is 13.2 Å². The van der Waals surface area contributed by atoms with Gasteiger partial charge in [-0.05, 0) is 56.7 Å². The molecule has 0 unspecified atom stereocenters. The zero-order valence-electron chi connectivity index (χ0n) is 20.2. The minimum absolute atomic E-state index is 0.0432. The third-order valence-electron chi connectivity index (χ3n) is 5.16. The first-order valence-corrected chi connectivity index (χ1v) is 12.5. The molecule has 2 aromatic carbocycles. The molecular formula is C24H27F3N2O6S. The van der Waals surface area contributed by atoms with Gasteiger partial charge in [-0.15, -0.1) is 0 Å². The van der Waals surface area contributed by atoms with Crippen LogP contribution in [-0.2, 0) is 36.9 Å². The fourth-order valence-electron chi connectivity index (χ4n) is 3.61. The SMILES string of the molecule is CNC(=O)C[C@H]1CN(S(=O)(=O)c2cccc(C(F)(F)F)c2)c2cc(CC(=O)OC(C)(C)C)ccc2O1. The van der Waals surface area contributed by atoms with Gasteiger partial charge in [-0.3, -0.25) is 13.9 Å². The Morgan fingerprint density at radius 1 is 1.14 bits per heavy atom. The molecule has 2 aromatic rings. The van der Waals surface area contributed by atoms with Crippen LogP contribution in [0.1, 0.15) is 38.3 Å². The third kappa shape index (κ3) is 6.48. The first kappa shape index (κ1) is 27.3. The van der Waals surface area contributed by atoms with Gasteiger partial charge in [0.2, 0.25) is 5.91 Å². The van der Waals surface area contributed by atoms with Crippen LogP contribution in [0.15, 0.2) is 47.4 Å². The monoisotopic (exact) mass is 528 g/mol. The average molecular weight is 529 g/mol. The molecule has 0 aliphatic carbocycles. The zero-order chi connectivity index (χ0) is 26.9. The number of carbonyl (C=O) groups excluding carboxylic acids is 2. The maximum absolute atomic E-state index is 13.6. The van der Waals surface area contributed by atoms with E-state index in [2.05, 4.69) is 5.32 Å². The van der Waals surface area contributed by atoms with E-state index in [0.29, 0.717) is 11.6 Å². The van der Waals surface area contributed by atoms with E-state index in [1.54, 1.807) is 26.8 Å². The molecule has 0 aromatic heterocycles. The Kier molecular flexibility index (Phi) is 7.58. The fraction of sp³-hybridized carbons (Fsp3) is 0.417. The molecule has 12 heteroatoms. The number of halogens is 3. The molecule has 0 saturated heterocycles. The molecule has 1 aliphatic heterocycles. The van der Waals surface area contributed by atoms with Crippen LogP contribution in [-0.4, -0.2) is 45.6 Å². The second-order valence-electron chi connectivity index (χ2n) is 9.24. The Bertz CT molecular complexity index is 1260. The summed E-state index contributed by atoms with van der Waals surface area (Å²) in [4.78, 5) is 23.7. The summed E-state index contributed by atoms with van der Waals surface area (Å²) in [6.07, 6.45) is -5.97. The van der Waals surface area contributed by atoms with Gasteiger partial charge in [0, 0.05) is 7.05 Å². The summed E-state index contributed by atoms with van der Waals surface area (Å²) in [5, 5.41) is 2.43. The summed E-state index contributed by atoms with van der Waals surface area (Å²) in [5.41, 5.74) is -1.37. The quantitative estimate of drug-likeness (QED) is 0.574. The van der Waals surface area contributed by atoms with Crippen LogP contribution in [0.25, 0.3) is 0 Å². The van der Waals surface area contributed by atoms with Crippen molar-refractivity contribution >= 4 is 27.6 Å².